The van der Waals surface area contributed by atoms with Gasteiger partial charge in [0.25, 0.3) is 0 Å². The number of anilines is 1. The van der Waals surface area contributed by atoms with Gasteiger partial charge in [0.05, 0.1) is 11.8 Å². The fraction of sp³-hybridized carbons (Fsp3) is 0.389. The molecule has 124 valence electrons. The van der Waals surface area contributed by atoms with Crippen molar-refractivity contribution in [1.82, 2.24) is 4.90 Å². The normalized spacial score (nSPS) is 30.1. The molecule has 2 bridgehead atoms. The predicted molar refractivity (Wildman–Crippen MR) is 91.8 cm³/mol. The Morgan fingerprint density at radius 2 is 1.67 bits per heavy atom. The minimum Gasteiger partial charge on any atom is -0.326 e. The van der Waals surface area contributed by atoms with E-state index in [2.05, 4.69) is 33.4 Å². The van der Waals surface area contributed by atoms with Crippen LogP contribution in [-0.2, 0) is 14.4 Å². The Morgan fingerprint density at radius 1 is 1.08 bits per heavy atom. The second-order valence-electron chi connectivity index (χ2n) is 6.63. The van der Waals surface area contributed by atoms with Gasteiger partial charge in [0.1, 0.15) is 0 Å². The third-order valence-electron chi connectivity index (χ3n) is 5.25. The van der Waals surface area contributed by atoms with Gasteiger partial charge in [-0.2, -0.15) is 0 Å². The molecule has 3 aliphatic rings. The number of benzene rings is 1. The van der Waals surface area contributed by atoms with Gasteiger partial charge in [-0.3, -0.25) is 19.3 Å². The maximum Gasteiger partial charge on any atom is 0.233 e. The first-order chi connectivity index (χ1) is 11.5. The number of rotatable bonds is 4. The van der Waals surface area contributed by atoms with Gasteiger partial charge in [0.15, 0.2) is 0 Å². The molecule has 4 atom stereocenters. The highest BCUT2D eigenvalue weighted by Gasteiger charge is 2.58. The SMILES string of the molecule is O=C(CCN1C(=O)[C@H]2[C@H](C1=O)[C@H]1C=C[C@H]2C1)Nc1ccc(Br)cc1. The lowest BCUT2D eigenvalue weighted by Gasteiger charge is -2.16. The molecule has 1 N–H and O–H groups in total. The summed E-state index contributed by atoms with van der Waals surface area (Å²) >= 11 is 3.34. The summed E-state index contributed by atoms with van der Waals surface area (Å²) in [4.78, 5) is 38.4. The number of likely N-dealkylation sites (tertiary alicyclic amines) is 1. The molecule has 1 heterocycles. The Bertz CT molecular complexity index is 713. The molecule has 0 aromatic heterocycles. The molecular formula is C18H17BrN2O3. The van der Waals surface area contributed by atoms with Crippen LogP contribution in [0.5, 0.6) is 0 Å². The first-order valence-electron chi connectivity index (χ1n) is 8.13. The van der Waals surface area contributed by atoms with Crippen LogP contribution in [0.1, 0.15) is 12.8 Å². The van der Waals surface area contributed by atoms with E-state index in [1.807, 2.05) is 12.1 Å². The summed E-state index contributed by atoms with van der Waals surface area (Å²) in [6.45, 7) is 0.159. The van der Waals surface area contributed by atoms with Crippen LogP contribution < -0.4 is 5.32 Å². The summed E-state index contributed by atoms with van der Waals surface area (Å²) < 4.78 is 0.934. The molecule has 6 heteroatoms. The molecule has 1 saturated heterocycles. The highest BCUT2D eigenvalue weighted by Crippen LogP contribution is 2.52. The van der Waals surface area contributed by atoms with Crippen LogP contribution in [0, 0.1) is 23.7 Å². The Hall–Kier alpha value is -1.95. The molecule has 2 aliphatic carbocycles. The molecule has 1 aromatic rings. The highest BCUT2D eigenvalue weighted by atomic mass is 79.9. The molecule has 1 aromatic carbocycles. The van der Waals surface area contributed by atoms with Crippen molar-refractivity contribution in [2.45, 2.75) is 12.8 Å². The Kier molecular flexibility index (Phi) is 3.79. The van der Waals surface area contributed by atoms with Crippen molar-refractivity contribution >= 4 is 39.3 Å². The van der Waals surface area contributed by atoms with Crippen LogP contribution in [0.15, 0.2) is 40.9 Å². The van der Waals surface area contributed by atoms with E-state index in [9.17, 15) is 14.4 Å². The summed E-state index contributed by atoms with van der Waals surface area (Å²) in [6, 6.07) is 7.27. The molecule has 1 saturated carbocycles. The second kappa shape index (κ2) is 5.84. The lowest BCUT2D eigenvalue weighted by atomic mass is 9.85. The van der Waals surface area contributed by atoms with E-state index in [1.165, 1.54) is 4.90 Å². The van der Waals surface area contributed by atoms with Gasteiger partial charge in [-0.05, 0) is 42.5 Å². The van der Waals surface area contributed by atoms with Crippen molar-refractivity contribution in [3.05, 3.63) is 40.9 Å². The third kappa shape index (κ3) is 2.49. The summed E-state index contributed by atoms with van der Waals surface area (Å²) in [5.41, 5.74) is 0.696. The smallest absolute Gasteiger partial charge is 0.233 e. The molecule has 5 nitrogen and oxygen atoms in total. The van der Waals surface area contributed by atoms with E-state index >= 15 is 0 Å². The van der Waals surface area contributed by atoms with E-state index in [1.54, 1.807) is 12.1 Å². The molecule has 0 radical (unpaired) electrons. The van der Waals surface area contributed by atoms with Crippen LogP contribution >= 0.6 is 15.9 Å². The number of amides is 3. The average molecular weight is 389 g/mol. The Balaban J connectivity index is 1.36. The van der Waals surface area contributed by atoms with E-state index in [0.29, 0.717) is 5.69 Å². The number of hydrogen-bond donors (Lipinski definition) is 1. The van der Waals surface area contributed by atoms with Crippen molar-refractivity contribution in [2.75, 3.05) is 11.9 Å². The highest BCUT2D eigenvalue weighted by molar-refractivity contribution is 9.10. The standard InChI is InChI=1S/C18H17BrN2O3/c19-12-3-5-13(6-4-12)20-14(22)7-8-21-17(23)15-10-1-2-11(9-10)16(15)18(21)24/h1-6,10-11,15-16H,7-9H2,(H,20,22)/t10-,11-,15+,16+/m0/s1. The Morgan fingerprint density at radius 3 is 2.25 bits per heavy atom. The van der Waals surface area contributed by atoms with E-state index < -0.39 is 0 Å². The van der Waals surface area contributed by atoms with Crippen LogP contribution in [0.2, 0.25) is 0 Å². The summed E-state index contributed by atoms with van der Waals surface area (Å²) in [6.07, 6.45) is 5.18. The molecule has 0 unspecified atom stereocenters. The number of carbonyl (C=O) groups excluding carboxylic acids is 3. The van der Waals surface area contributed by atoms with E-state index in [0.717, 1.165) is 10.9 Å². The van der Waals surface area contributed by atoms with Crippen LogP contribution in [0.3, 0.4) is 0 Å². The minimum absolute atomic E-state index is 0.0988. The van der Waals surface area contributed by atoms with Crippen LogP contribution in [0.25, 0.3) is 0 Å². The van der Waals surface area contributed by atoms with E-state index in [4.69, 9.17) is 0 Å². The third-order valence-corrected chi connectivity index (χ3v) is 5.78. The monoisotopic (exact) mass is 388 g/mol. The fourth-order valence-corrected chi connectivity index (χ4v) is 4.42. The van der Waals surface area contributed by atoms with Crippen LogP contribution in [0.4, 0.5) is 5.69 Å². The predicted octanol–water partition coefficient (Wildman–Crippen LogP) is 2.58. The molecule has 3 amide bonds. The second-order valence-corrected chi connectivity index (χ2v) is 7.55. The van der Waals surface area contributed by atoms with Crippen molar-refractivity contribution in [1.29, 1.82) is 0 Å². The Labute approximate surface area is 148 Å². The first-order valence-corrected chi connectivity index (χ1v) is 8.93. The molecule has 0 spiro atoms. The maximum atomic E-state index is 12.5. The molecule has 4 rings (SSSR count). The number of nitrogens with zero attached hydrogens (tertiary/aromatic N) is 1. The number of fused-ring (bicyclic) bond motifs is 5. The number of carbonyl (C=O) groups is 3. The van der Waals surface area contributed by atoms with Gasteiger partial charge in [-0.15, -0.1) is 0 Å². The van der Waals surface area contributed by atoms with Gasteiger partial charge in [-0.25, -0.2) is 0 Å². The van der Waals surface area contributed by atoms with Gasteiger partial charge in [0, 0.05) is 23.1 Å². The number of allylic oxidation sites excluding steroid dienone is 2. The van der Waals surface area contributed by atoms with Gasteiger partial charge >= 0.3 is 0 Å². The summed E-state index contributed by atoms with van der Waals surface area (Å²) in [7, 11) is 0. The summed E-state index contributed by atoms with van der Waals surface area (Å²) in [5, 5.41) is 2.78. The largest absolute Gasteiger partial charge is 0.326 e. The minimum atomic E-state index is -0.198. The zero-order valence-corrected chi connectivity index (χ0v) is 14.5. The first kappa shape index (κ1) is 15.6. The molecule has 1 aliphatic heterocycles. The van der Waals surface area contributed by atoms with Gasteiger partial charge < -0.3 is 5.32 Å². The van der Waals surface area contributed by atoms with Crippen molar-refractivity contribution in [3.63, 3.8) is 0 Å². The number of halogens is 1. The van der Waals surface area contributed by atoms with E-state index in [-0.39, 0.29) is 54.4 Å². The molecule has 24 heavy (non-hydrogen) atoms. The molecule has 2 fully saturated rings. The zero-order valence-electron chi connectivity index (χ0n) is 12.9. The van der Waals surface area contributed by atoms with Gasteiger partial charge in [0.2, 0.25) is 17.7 Å². The number of hydrogen-bond acceptors (Lipinski definition) is 3. The van der Waals surface area contributed by atoms with Crippen LogP contribution in [-0.4, -0.2) is 29.2 Å². The fourth-order valence-electron chi connectivity index (χ4n) is 4.15. The maximum absolute atomic E-state index is 12.5. The van der Waals surface area contributed by atoms with Gasteiger partial charge in [-0.1, -0.05) is 28.1 Å². The van der Waals surface area contributed by atoms with Crippen molar-refractivity contribution in [2.24, 2.45) is 23.7 Å². The molecular weight excluding hydrogens is 372 g/mol. The number of imide groups is 1. The summed E-state index contributed by atoms with van der Waals surface area (Å²) in [5.74, 6) is -0.368. The lowest BCUT2D eigenvalue weighted by molar-refractivity contribution is -0.140. The average Bonchev–Trinajstić information content (AvgIpc) is 3.23. The number of nitrogens with one attached hydrogen (secondary N) is 1. The zero-order chi connectivity index (χ0) is 16.8. The quantitative estimate of drug-likeness (QED) is 0.636. The van der Waals surface area contributed by atoms with Crippen molar-refractivity contribution < 1.29 is 14.4 Å². The topological polar surface area (TPSA) is 66.5 Å². The lowest BCUT2D eigenvalue weighted by Crippen LogP contribution is -2.35. The van der Waals surface area contributed by atoms with Crippen molar-refractivity contribution in [3.8, 4) is 0 Å².